The molecule has 1 aromatic carbocycles. The van der Waals surface area contributed by atoms with E-state index in [0.29, 0.717) is 0 Å². The molecule has 3 nitrogen and oxygen atoms in total. The quantitative estimate of drug-likeness (QED) is 0.564. The molecule has 0 saturated carbocycles. The lowest BCUT2D eigenvalue weighted by Crippen LogP contribution is -2.03. The molecule has 0 unspecified atom stereocenters. The van der Waals surface area contributed by atoms with Crippen molar-refractivity contribution in [3.63, 3.8) is 0 Å². The Morgan fingerprint density at radius 1 is 1.60 bits per heavy atom. The van der Waals surface area contributed by atoms with Gasteiger partial charge in [-0.25, -0.2) is 9.18 Å². The Bertz CT molecular complexity index is 374. The van der Waals surface area contributed by atoms with Crippen LogP contribution in [0, 0.1) is 5.82 Å². The average molecular weight is 210 g/mol. The zero-order chi connectivity index (χ0) is 11.3. The van der Waals surface area contributed by atoms with E-state index >= 15 is 0 Å². The molecule has 0 aliphatic rings. The van der Waals surface area contributed by atoms with Crippen LogP contribution in [0.4, 0.5) is 4.39 Å². The zero-order valence-electron chi connectivity index (χ0n) is 8.33. The number of carbonyl (C=O) groups is 1. The smallest absolute Gasteiger partial charge is 0.337 e. The SMILES string of the molecule is C=CCOc1ccc(C(=O)OC)cc1F. The Morgan fingerprint density at radius 2 is 2.33 bits per heavy atom. The van der Waals surface area contributed by atoms with Crippen molar-refractivity contribution >= 4 is 5.97 Å². The third-order valence-corrected chi connectivity index (χ3v) is 1.71. The van der Waals surface area contributed by atoms with Gasteiger partial charge in [0.2, 0.25) is 0 Å². The molecule has 0 atom stereocenters. The predicted molar refractivity (Wildman–Crippen MR) is 53.4 cm³/mol. The van der Waals surface area contributed by atoms with Crippen molar-refractivity contribution in [2.45, 2.75) is 0 Å². The first-order valence-corrected chi connectivity index (χ1v) is 4.30. The minimum atomic E-state index is -0.597. The molecule has 1 aromatic rings. The zero-order valence-corrected chi connectivity index (χ0v) is 8.33. The molecule has 0 aliphatic carbocycles. The fourth-order valence-electron chi connectivity index (χ4n) is 1.01. The highest BCUT2D eigenvalue weighted by atomic mass is 19.1. The van der Waals surface area contributed by atoms with E-state index in [0.717, 1.165) is 6.07 Å². The van der Waals surface area contributed by atoms with Gasteiger partial charge in [-0.15, -0.1) is 0 Å². The number of methoxy groups -OCH3 is 1. The van der Waals surface area contributed by atoms with Gasteiger partial charge in [0, 0.05) is 0 Å². The molecule has 0 radical (unpaired) electrons. The van der Waals surface area contributed by atoms with E-state index in [1.54, 1.807) is 0 Å². The van der Waals surface area contributed by atoms with E-state index in [9.17, 15) is 9.18 Å². The minimum absolute atomic E-state index is 0.0857. The van der Waals surface area contributed by atoms with Gasteiger partial charge in [-0.2, -0.15) is 0 Å². The number of ether oxygens (including phenoxy) is 2. The van der Waals surface area contributed by atoms with Crippen LogP contribution in [-0.4, -0.2) is 19.7 Å². The van der Waals surface area contributed by atoms with Crippen molar-refractivity contribution in [2.24, 2.45) is 0 Å². The molecule has 0 heterocycles. The van der Waals surface area contributed by atoms with E-state index in [2.05, 4.69) is 11.3 Å². The fraction of sp³-hybridized carbons (Fsp3) is 0.182. The summed E-state index contributed by atoms with van der Waals surface area (Å²) in [4.78, 5) is 11.0. The largest absolute Gasteiger partial charge is 0.486 e. The minimum Gasteiger partial charge on any atom is -0.486 e. The maximum Gasteiger partial charge on any atom is 0.337 e. The first kappa shape index (κ1) is 11.2. The summed E-state index contributed by atoms with van der Waals surface area (Å²) in [7, 11) is 1.24. The average Bonchev–Trinajstić information content (AvgIpc) is 2.26. The lowest BCUT2D eigenvalue weighted by Gasteiger charge is -2.05. The molecule has 0 aliphatic heterocycles. The van der Waals surface area contributed by atoms with Crippen LogP contribution in [-0.2, 0) is 4.74 Å². The fourth-order valence-corrected chi connectivity index (χ4v) is 1.01. The predicted octanol–water partition coefficient (Wildman–Crippen LogP) is 2.18. The van der Waals surface area contributed by atoms with E-state index in [-0.39, 0.29) is 17.9 Å². The van der Waals surface area contributed by atoms with Crippen LogP contribution in [0.3, 0.4) is 0 Å². The number of benzene rings is 1. The molecular formula is C11H11FO3. The lowest BCUT2D eigenvalue weighted by molar-refractivity contribution is 0.0600. The Morgan fingerprint density at radius 3 is 2.87 bits per heavy atom. The van der Waals surface area contributed by atoms with Gasteiger partial charge < -0.3 is 9.47 Å². The van der Waals surface area contributed by atoms with Crippen LogP contribution in [0.25, 0.3) is 0 Å². The molecule has 0 N–H and O–H groups in total. The van der Waals surface area contributed by atoms with E-state index in [4.69, 9.17) is 4.74 Å². The molecular weight excluding hydrogens is 199 g/mol. The summed E-state index contributed by atoms with van der Waals surface area (Å²) in [5.74, 6) is -1.09. The van der Waals surface area contributed by atoms with Crippen LogP contribution >= 0.6 is 0 Å². The van der Waals surface area contributed by atoms with Crippen molar-refractivity contribution in [1.29, 1.82) is 0 Å². The summed E-state index contributed by atoms with van der Waals surface area (Å²) in [6, 6.07) is 3.89. The van der Waals surface area contributed by atoms with Gasteiger partial charge in [0.1, 0.15) is 6.61 Å². The van der Waals surface area contributed by atoms with Crippen LogP contribution in [0.1, 0.15) is 10.4 Å². The standard InChI is InChI=1S/C11H11FO3/c1-3-6-15-10-5-4-8(7-9(10)12)11(13)14-2/h3-5,7H,1,6H2,2H3. The van der Waals surface area contributed by atoms with Gasteiger partial charge in [0.05, 0.1) is 12.7 Å². The van der Waals surface area contributed by atoms with Crippen LogP contribution in [0.2, 0.25) is 0 Å². The summed E-state index contributed by atoms with van der Waals surface area (Å²) in [6.07, 6.45) is 1.51. The van der Waals surface area contributed by atoms with Crippen molar-refractivity contribution in [3.8, 4) is 5.75 Å². The summed E-state index contributed by atoms with van der Waals surface area (Å²) in [6.45, 7) is 3.66. The number of hydrogen-bond donors (Lipinski definition) is 0. The molecule has 0 amide bonds. The highest BCUT2D eigenvalue weighted by Crippen LogP contribution is 2.18. The maximum absolute atomic E-state index is 13.3. The molecule has 80 valence electrons. The molecule has 1 rings (SSSR count). The van der Waals surface area contributed by atoms with E-state index < -0.39 is 11.8 Å². The highest BCUT2D eigenvalue weighted by Gasteiger charge is 2.09. The summed E-state index contributed by atoms with van der Waals surface area (Å²) >= 11 is 0. The molecule has 0 spiro atoms. The van der Waals surface area contributed by atoms with Crippen LogP contribution < -0.4 is 4.74 Å². The number of hydrogen-bond acceptors (Lipinski definition) is 3. The second-order valence-electron chi connectivity index (χ2n) is 2.74. The van der Waals surface area contributed by atoms with Gasteiger partial charge in [-0.3, -0.25) is 0 Å². The number of carbonyl (C=O) groups excluding carboxylic acids is 1. The van der Waals surface area contributed by atoms with Crippen molar-refractivity contribution in [1.82, 2.24) is 0 Å². The second kappa shape index (κ2) is 5.14. The molecule has 15 heavy (non-hydrogen) atoms. The molecule has 0 bridgehead atoms. The molecule has 0 fully saturated rings. The van der Waals surface area contributed by atoms with Gasteiger partial charge >= 0.3 is 5.97 Å². The molecule has 0 aromatic heterocycles. The first-order chi connectivity index (χ1) is 7.19. The Hall–Kier alpha value is -1.84. The summed E-state index contributed by atoms with van der Waals surface area (Å²) < 4.78 is 22.8. The molecule has 4 heteroatoms. The normalized spacial score (nSPS) is 9.47. The van der Waals surface area contributed by atoms with Gasteiger partial charge in [0.15, 0.2) is 11.6 Å². The van der Waals surface area contributed by atoms with Gasteiger partial charge in [0.25, 0.3) is 0 Å². The number of esters is 1. The monoisotopic (exact) mass is 210 g/mol. The van der Waals surface area contributed by atoms with Crippen molar-refractivity contribution < 1.29 is 18.7 Å². The topological polar surface area (TPSA) is 35.5 Å². The summed E-state index contributed by atoms with van der Waals surface area (Å²) in [5.41, 5.74) is 0.154. The van der Waals surface area contributed by atoms with Crippen LogP contribution in [0.5, 0.6) is 5.75 Å². The van der Waals surface area contributed by atoms with Crippen molar-refractivity contribution in [2.75, 3.05) is 13.7 Å². The Balaban J connectivity index is 2.87. The van der Waals surface area contributed by atoms with E-state index in [1.165, 1.54) is 25.3 Å². The Labute approximate surface area is 87.1 Å². The van der Waals surface area contributed by atoms with Gasteiger partial charge in [-0.05, 0) is 18.2 Å². The number of rotatable bonds is 4. The van der Waals surface area contributed by atoms with Gasteiger partial charge in [-0.1, -0.05) is 12.7 Å². The summed E-state index contributed by atoms with van der Waals surface area (Å²) in [5, 5.41) is 0. The Kier molecular flexibility index (Phi) is 3.85. The van der Waals surface area contributed by atoms with E-state index in [1.807, 2.05) is 0 Å². The number of halogens is 1. The maximum atomic E-state index is 13.3. The highest BCUT2D eigenvalue weighted by molar-refractivity contribution is 5.89. The van der Waals surface area contributed by atoms with Crippen LogP contribution in [0.15, 0.2) is 30.9 Å². The third kappa shape index (κ3) is 2.80. The second-order valence-corrected chi connectivity index (χ2v) is 2.74. The van der Waals surface area contributed by atoms with Crippen molar-refractivity contribution in [3.05, 3.63) is 42.2 Å². The first-order valence-electron chi connectivity index (χ1n) is 4.30. The molecule has 0 saturated heterocycles. The lowest BCUT2D eigenvalue weighted by atomic mass is 10.2. The third-order valence-electron chi connectivity index (χ3n) is 1.71.